The number of hydrogen-bond acceptors (Lipinski definition) is 8. The molecule has 8 nitrogen and oxygen atoms in total. The Kier molecular flexibility index (Phi) is 7.42. The predicted molar refractivity (Wildman–Crippen MR) is 133 cm³/mol. The van der Waals surface area contributed by atoms with Crippen LogP contribution in [0, 0.1) is 5.41 Å². The van der Waals surface area contributed by atoms with Crippen LogP contribution in [0.15, 0.2) is 57.6 Å². The maximum Gasteiger partial charge on any atom is 0.270 e. The average molecular weight is 500 g/mol. The van der Waals surface area contributed by atoms with Crippen LogP contribution in [-0.2, 0) is 4.79 Å². The second-order valence-corrected chi connectivity index (χ2v) is 9.87. The zero-order valence-corrected chi connectivity index (χ0v) is 20.2. The van der Waals surface area contributed by atoms with E-state index in [-0.39, 0.29) is 12.5 Å². The molecule has 0 atom stereocenters. The number of nitrogens with one attached hydrogen (secondary N) is 1. The van der Waals surface area contributed by atoms with Gasteiger partial charge in [-0.2, -0.15) is 0 Å². The third kappa shape index (κ3) is 5.05. The van der Waals surface area contributed by atoms with Crippen molar-refractivity contribution in [3.8, 4) is 11.5 Å². The lowest BCUT2D eigenvalue weighted by molar-refractivity contribution is -0.134. The molecule has 1 aromatic carbocycles. The van der Waals surface area contributed by atoms with Crippen molar-refractivity contribution in [2.45, 2.75) is 13.3 Å². The van der Waals surface area contributed by atoms with Gasteiger partial charge in [0.1, 0.15) is 11.3 Å². The Morgan fingerprint density at radius 1 is 1.15 bits per heavy atom. The molecule has 10 heteroatoms. The van der Waals surface area contributed by atoms with E-state index in [2.05, 4.69) is 10.3 Å². The van der Waals surface area contributed by atoms with E-state index in [0.29, 0.717) is 34.4 Å². The van der Waals surface area contributed by atoms with Crippen LogP contribution >= 0.6 is 22.7 Å². The fourth-order valence-corrected chi connectivity index (χ4v) is 4.78. The molecule has 0 aliphatic carbocycles. The van der Waals surface area contributed by atoms with Gasteiger partial charge in [-0.05, 0) is 36.9 Å². The van der Waals surface area contributed by atoms with E-state index in [0.717, 1.165) is 11.0 Å². The van der Waals surface area contributed by atoms with Crippen molar-refractivity contribution in [3.05, 3.63) is 58.1 Å². The molecule has 0 unspecified atom stereocenters. The highest BCUT2D eigenvalue weighted by molar-refractivity contribution is 7.14. The summed E-state index contributed by atoms with van der Waals surface area (Å²) in [6.07, 6.45) is 0.468. The van der Waals surface area contributed by atoms with E-state index < -0.39 is 24.5 Å². The molecular weight excluding hydrogens is 474 g/mol. The maximum atomic E-state index is 13.2. The molecule has 2 amide bonds. The molecular formula is C24H25N3O5S2. The molecule has 0 saturated heterocycles. The van der Waals surface area contributed by atoms with Gasteiger partial charge >= 0.3 is 0 Å². The van der Waals surface area contributed by atoms with Crippen LogP contribution in [-0.4, -0.2) is 53.3 Å². The van der Waals surface area contributed by atoms with Gasteiger partial charge in [-0.1, -0.05) is 24.3 Å². The number of aliphatic hydroxyl groups excluding tert-OH is 2. The number of thiophene rings is 1. The van der Waals surface area contributed by atoms with Gasteiger partial charge in [-0.15, -0.1) is 22.7 Å². The van der Waals surface area contributed by atoms with E-state index in [1.165, 1.54) is 29.6 Å². The smallest absolute Gasteiger partial charge is 0.270 e. The number of rotatable bonds is 10. The number of anilines is 1. The molecule has 4 aromatic rings. The number of carbonyl (C=O) groups excluding carboxylic acids is 2. The highest BCUT2D eigenvalue weighted by atomic mass is 32.1. The van der Waals surface area contributed by atoms with Gasteiger partial charge in [0.15, 0.2) is 10.9 Å². The van der Waals surface area contributed by atoms with Crippen LogP contribution in [0.1, 0.15) is 23.0 Å². The Balaban J connectivity index is 1.49. The molecule has 0 radical (unpaired) electrons. The van der Waals surface area contributed by atoms with Crippen molar-refractivity contribution < 1.29 is 24.2 Å². The van der Waals surface area contributed by atoms with Crippen molar-refractivity contribution in [2.75, 3.05) is 31.2 Å². The number of furan rings is 1. The van der Waals surface area contributed by atoms with Gasteiger partial charge in [0.2, 0.25) is 5.91 Å². The topological polar surface area (TPSA) is 116 Å². The Morgan fingerprint density at radius 2 is 1.94 bits per heavy atom. The van der Waals surface area contributed by atoms with Crippen molar-refractivity contribution in [3.63, 3.8) is 0 Å². The fourth-order valence-electron chi connectivity index (χ4n) is 3.27. The summed E-state index contributed by atoms with van der Waals surface area (Å²) in [6, 6.07) is 13.2. The number of para-hydroxylation sites is 1. The summed E-state index contributed by atoms with van der Waals surface area (Å²) in [7, 11) is 0. The number of nitrogens with zero attached hydrogens (tertiary/aromatic N) is 2. The van der Waals surface area contributed by atoms with Crippen LogP contribution in [0.3, 0.4) is 0 Å². The number of carbonyl (C=O) groups is 2. The zero-order valence-electron chi connectivity index (χ0n) is 18.6. The molecule has 0 spiro atoms. The lowest BCUT2D eigenvalue weighted by Crippen LogP contribution is -2.45. The van der Waals surface area contributed by atoms with E-state index in [9.17, 15) is 19.8 Å². The fraction of sp³-hybridized carbons (Fsp3) is 0.292. The van der Waals surface area contributed by atoms with Crippen molar-refractivity contribution in [1.82, 2.24) is 10.3 Å². The third-order valence-corrected chi connectivity index (χ3v) is 7.19. The minimum Gasteiger partial charge on any atom is -0.454 e. The van der Waals surface area contributed by atoms with E-state index >= 15 is 0 Å². The SMILES string of the molecule is CC(CO)(CO)C(=O)NCCCN(C(=O)c1cccs1)c1nc(-c2cc3ccccc3o2)cs1. The minimum atomic E-state index is -1.25. The second kappa shape index (κ2) is 10.5. The Labute approximate surface area is 204 Å². The molecule has 3 N–H and O–H groups in total. The average Bonchev–Trinajstić information content (AvgIpc) is 3.63. The molecule has 0 aliphatic heterocycles. The first-order chi connectivity index (χ1) is 16.4. The summed E-state index contributed by atoms with van der Waals surface area (Å²) in [5.74, 6) is 0.0317. The van der Waals surface area contributed by atoms with Gasteiger partial charge in [0.25, 0.3) is 5.91 Å². The quantitative estimate of drug-likeness (QED) is 0.286. The molecule has 178 valence electrons. The minimum absolute atomic E-state index is 0.164. The van der Waals surface area contributed by atoms with Crippen LogP contribution in [0.4, 0.5) is 5.13 Å². The third-order valence-electron chi connectivity index (χ3n) is 5.47. The summed E-state index contributed by atoms with van der Waals surface area (Å²) >= 11 is 2.70. The Morgan fingerprint density at radius 3 is 2.65 bits per heavy atom. The lowest BCUT2D eigenvalue weighted by atomic mass is 9.92. The monoisotopic (exact) mass is 499 g/mol. The number of fused-ring (bicyclic) bond motifs is 1. The molecule has 0 saturated carbocycles. The highest BCUT2D eigenvalue weighted by Crippen LogP contribution is 2.32. The molecule has 0 bridgehead atoms. The Hall–Kier alpha value is -3.05. The maximum absolute atomic E-state index is 13.2. The number of benzene rings is 1. The van der Waals surface area contributed by atoms with Crippen molar-refractivity contribution in [1.29, 1.82) is 0 Å². The van der Waals surface area contributed by atoms with E-state index in [1.807, 2.05) is 47.2 Å². The Bertz CT molecular complexity index is 1230. The first-order valence-electron chi connectivity index (χ1n) is 10.7. The number of amides is 2. The molecule has 0 fully saturated rings. The van der Waals surface area contributed by atoms with Gasteiger partial charge in [0, 0.05) is 23.9 Å². The van der Waals surface area contributed by atoms with Crippen molar-refractivity contribution in [2.24, 2.45) is 5.41 Å². The van der Waals surface area contributed by atoms with Crippen molar-refractivity contribution >= 4 is 50.6 Å². The number of aromatic nitrogens is 1. The normalized spacial score (nSPS) is 11.6. The number of hydrogen-bond donors (Lipinski definition) is 3. The summed E-state index contributed by atoms with van der Waals surface area (Å²) in [4.78, 5) is 32.3. The molecule has 3 aromatic heterocycles. The number of aliphatic hydroxyl groups is 2. The molecule has 4 rings (SSSR count). The summed E-state index contributed by atoms with van der Waals surface area (Å²) in [6.45, 7) is 1.19. The van der Waals surface area contributed by atoms with E-state index in [1.54, 1.807) is 11.0 Å². The van der Waals surface area contributed by atoms with Gasteiger partial charge in [-0.25, -0.2) is 4.98 Å². The molecule has 3 heterocycles. The highest BCUT2D eigenvalue weighted by Gasteiger charge is 2.31. The summed E-state index contributed by atoms with van der Waals surface area (Å²) in [5, 5.41) is 26.7. The van der Waals surface area contributed by atoms with Gasteiger partial charge < -0.3 is 19.9 Å². The number of thiazole rings is 1. The molecule has 0 aliphatic rings. The first kappa shape index (κ1) is 24.1. The largest absolute Gasteiger partial charge is 0.454 e. The second-order valence-electron chi connectivity index (χ2n) is 8.08. The van der Waals surface area contributed by atoms with Crippen LogP contribution in [0.2, 0.25) is 0 Å². The van der Waals surface area contributed by atoms with Crippen LogP contribution in [0.5, 0.6) is 0 Å². The first-order valence-corrected chi connectivity index (χ1v) is 12.5. The predicted octanol–water partition coefficient (Wildman–Crippen LogP) is 3.76. The lowest BCUT2D eigenvalue weighted by Gasteiger charge is -2.24. The molecule has 34 heavy (non-hydrogen) atoms. The van der Waals surface area contributed by atoms with Gasteiger partial charge in [-0.3, -0.25) is 14.5 Å². The zero-order chi connectivity index (χ0) is 24.1. The summed E-state index contributed by atoms with van der Waals surface area (Å²) < 4.78 is 5.91. The van der Waals surface area contributed by atoms with E-state index in [4.69, 9.17) is 4.42 Å². The summed E-state index contributed by atoms with van der Waals surface area (Å²) in [5.41, 5.74) is 0.172. The van der Waals surface area contributed by atoms with Crippen LogP contribution in [0.25, 0.3) is 22.4 Å². The van der Waals surface area contributed by atoms with Crippen LogP contribution < -0.4 is 10.2 Å². The standard InChI is InChI=1S/C24H25N3O5S2/c1-24(14-28,15-29)22(31)25-9-5-10-27(21(30)20-8-4-11-33-20)23-26-17(13-34-23)19-12-16-6-2-3-7-18(16)32-19/h2-4,6-8,11-13,28-29H,5,9-10,14-15H2,1H3,(H,25,31). The van der Waals surface area contributed by atoms with Gasteiger partial charge in [0.05, 0.1) is 23.5 Å².